The second kappa shape index (κ2) is 6.51. The summed E-state index contributed by atoms with van der Waals surface area (Å²) in [7, 11) is 1.87. The largest absolute Gasteiger partial charge is 0.372 e. The lowest BCUT2D eigenvalue weighted by molar-refractivity contribution is 0.102. The van der Waals surface area contributed by atoms with Crippen molar-refractivity contribution < 1.29 is 4.74 Å². The van der Waals surface area contributed by atoms with Crippen molar-refractivity contribution in [1.29, 1.82) is 0 Å². The van der Waals surface area contributed by atoms with E-state index in [0.717, 1.165) is 26.1 Å². The Morgan fingerprint density at radius 2 is 2.14 bits per heavy atom. The zero-order valence-electron chi connectivity index (χ0n) is 11.5. The minimum atomic E-state index is 0.398. The Kier molecular flexibility index (Phi) is 4.48. The molecule has 1 N–H and O–H groups in total. The minimum Gasteiger partial charge on any atom is -0.372 e. The van der Waals surface area contributed by atoms with Gasteiger partial charge in [0.15, 0.2) is 5.82 Å². The average Bonchev–Trinajstić information content (AvgIpc) is 2.95. The Bertz CT molecular complexity index is 760. The fourth-order valence-electron chi connectivity index (χ4n) is 2.04. The summed E-state index contributed by atoms with van der Waals surface area (Å²) in [6.45, 7) is 0.940. The fraction of sp³-hybridized carbons (Fsp3) is 0.200. The van der Waals surface area contributed by atoms with Crippen molar-refractivity contribution in [3.8, 4) is 0 Å². The quantitative estimate of drug-likeness (QED) is 0.737. The van der Waals surface area contributed by atoms with E-state index in [1.165, 1.54) is 0 Å². The van der Waals surface area contributed by atoms with Gasteiger partial charge >= 0.3 is 0 Å². The van der Waals surface area contributed by atoms with Gasteiger partial charge < -0.3 is 10.1 Å². The Morgan fingerprint density at radius 1 is 1.24 bits per heavy atom. The number of aromatic nitrogens is 2. The molecule has 0 atom stereocenters. The molecule has 2 aromatic heterocycles. The van der Waals surface area contributed by atoms with Crippen LogP contribution in [0, 0.1) is 0 Å². The Labute approximate surface area is 135 Å². The van der Waals surface area contributed by atoms with Crippen LogP contribution < -0.4 is 5.32 Å². The van der Waals surface area contributed by atoms with Crippen LogP contribution in [0.4, 0.5) is 5.82 Å². The maximum absolute atomic E-state index is 5.72. The summed E-state index contributed by atoms with van der Waals surface area (Å²) < 4.78 is 6.77. The zero-order valence-corrected chi connectivity index (χ0v) is 13.9. The van der Waals surface area contributed by atoms with Crippen molar-refractivity contribution in [3.63, 3.8) is 0 Å². The van der Waals surface area contributed by atoms with E-state index in [1.54, 1.807) is 11.3 Å². The highest BCUT2D eigenvalue weighted by molar-refractivity contribution is 9.10. The molecule has 21 heavy (non-hydrogen) atoms. The van der Waals surface area contributed by atoms with E-state index in [0.29, 0.717) is 19.0 Å². The van der Waals surface area contributed by atoms with Gasteiger partial charge in [-0.05, 0) is 29.1 Å². The SMILES string of the molecule is CNc1nc(COCc2cccc(Br)c2)nc2sccc12. The number of rotatable bonds is 5. The molecular formula is C15H14BrN3OS. The predicted molar refractivity (Wildman–Crippen MR) is 89.6 cm³/mol. The van der Waals surface area contributed by atoms with Crippen LogP contribution in [0.1, 0.15) is 11.4 Å². The van der Waals surface area contributed by atoms with Crippen molar-refractivity contribution in [2.24, 2.45) is 0 Å². The van der Waals surface area contributed by atoms with Crippen molar-refractivity contribution >= 4 is 43.3 Å². The molecule has 108 valence electrons. The number of thiophene rings is 1. The standard InChI is InChI=1S/C15H14BrN3OS/c1-17-14-12-5-6-21-15(12)19-13(18-14)9-20-8-10-3-2-4-11(16)7-10/h2-7H,8-9H2,1H3,(H,17,18,19). The molecule has 0 aliphatic carbocycles. The maximum atomic E-state index is 5.72. The molecule has 0 amide bonds. The van der Waals surface area contributed by atoms with Crippen LogP contribution in [0.3, 0.4) is 0 Å². The van der Waals surface area contributed by atoms with Crippen molar-refractivity contribution in [2.45, 2.75) is 13.2 Å². The van der Waals surface area contributed by atoms with Crippen LogP contribution in [-0.2, 0) is 18.0 Å². The summed E-state index contributed by atoms with van der Waals surface area (Å²) >= 11 is 5.06. The predicted octanol–water partition coefficient (Wildman–Crippen LogP) is 4.21. The van der Waals surface area contributed by atoms with E-state index in [2.05, 4.69) is 31.2 Å². The molecule has 2 heterocycles. The van der Waals surface area contributed by atoms with Crippen LogP contribution in [0.5, 0.6) is 0 Å². The summed E-state index contributed by atoms with van der Waals surface area (Å²) in [6.07, 6.45) is 0. The van der Waals surface area contributed by atoms with E-state index in [9.17, 15) is 0 Å². The van der Waals surface area contributed by atoms with Gasteiger partial charge in [-0.2, -0.15) is 0 Å². The molecule has 0 saturated heterocycles. The number of halogens is 1. The van der Waals surface area contributed by atoms with E-state index in [4.69, 9.17) is 4.74 Å². The molecule has 0 bridgehead atoms. The molecule has 0 radical (unpaired) electrons. The van der Waals surface area contributed by atoms with Crippen molar-refractivity contribution in [2.75, 3.05) is 12.4 Å². The maximum Gasteiger partial charge on any atom is 0.158 e. The molecule has 0 aliphatic heterocycles. The topological polar surface area (TPSA) is 47.0 Å². The fourth-order valence-corrected chi connectivity index (χ4v) is 3.27. The van der Waals surface area contributed by atoms with Gasteiger partial charge in [-0.3, -0.25) is 0 Å². The number of benzene rings is 1. The number of anilines is 1. The Balaban J connectivity index is 1.70. The first kappa shape index (κ1) is 14.4. The summed E-state index contributed by atoms with van der Waals surface area (Å²) in [4.78, 5) is 10.00. The van der Waals surface area contributed by atoms with Gasteiger partial charge in [-0.1, -0.05) is 28.1 Å². The van der Waals surface area contributed by atoms with E-state index in [-0.39, 0.29) is 0 Å². The van der Waals surface area contributed by atoms with E-state index in [1.807, 2.05) is 42.8 Å². The summed E-state index contributed by atoms with van der Waals surface area (Å²) in [5, 5.41) is 6.18. The van der Waals surface area contributed by atoms with Crippen LogP contribution in [0.25, 0.3) is 10.2 Å². The smallest absolute Gasteiger partial charge is 0.158 e. The van der Waals surface area contributed by atoms with Gasteiger partial charge in [0.05, 0.1) is 12.0 Å². The number of nitrogens with one attached hydrogen (secondary N) is 1. The third kappa shape index (κ3) is 3.40. The lowest BCUT2D eigenvalue weighted by Gasteiger charge is -2.07. The summed E-state index contributed by atoms with van der Waals surface area (Å²) in [5.41, 5.74) is 1.12. The first-order valence-corrected chi connectivity index (χ1v) is 8.17. The summed E-state index contributed by atoms with van der Waals surface area (Å²) in [6, 6.07) is 10.1. The highest BCUT2D eigenvalue weighted by Crippen LogP contribution is 2.24. The molecule has 0 saturated carbocycles. The molecule has 0 spiro atoms. The lowest BCUT2D eigenvalue weighted by Crippen LogP contribution is -2.03. The van der Waals surface area contributed by atoms with Crippen molar-refractivity contribution in [3.05, 3.63) is 51.6 Å². The molecular weight excluding hydrogens is 350 g/mol. The summed E-state index contributed by atoms with van der Waals surface area (Å²) in [5.74, 6) is 1.55. The highest BCUT2D eigenvalue weighted by Gasteiger charge is 2.07. The van der Waals surface area contributed by atoms with Gasteiger partial charge in [0.2, 0.25) is 0 Å². The molecule has 1 aromatic carbocycles. The number of hydrogen-bond acceptors (Lipinski definition) is 5. The minimum absolute atomic E-state index is 0.398. The molecule has 3 aromatic rings. The zero-order chi connectivity index (χ0) is 14.7. The van der Waals surface area contributed by atoms with Gasteiger partial charge in [0.25, 0.3) is 0 Å². The van der Waals surface area contributed by atoms with Gasteiger partial charge in [-0.25, -0.2) is 9.97 Å². The number of nitrogens with zero attached hydrogens (tertiary/aromatic N) is 2. The Hall–Kier alpha value is -1.50. The number of ether oxygens (including phenoxy) is 1. The number of fused-ring (bicyclic) bond motifs is 1. The second-order valence-electron chi connectivity index (χ2n) is 4.50. The number of hydrogen-bond donors (Lipinski definition) is 1. The highest BCUT2D eigenvalue weighted by atomic mass is 79.9. The molecule has 0 aliphatic rings. The van der Waals surface area contributed by atoms with Crippen LogP contribution in [0.2, 0.25) is 0 Å². The van der Waals surface area contributed by atoms with Crippen LogP contribution >= 0.6 is 27.3 Å². The molecule has 3 rings (SSSR count). The van der Waals surface area contributed by atoms with E-state index < -0.39 is 0 Å². The van der Waals surface area contributed by atoms with E-state index >= 15 is 0 Å². The molecule has 4 nitrogen and oxygen atoms in total. The normalized spacial score (nSPS) is 11.0. The van der Waals surface area contributed by atoms with Gasteiger partial charge in [0, 0.05) is 11.5 Å². The third-order valence-corrected chi connectivity index (χ3v) is 4.30. The lowest BCUT2D eigenvalue weighted by atomic mass is 10.2. The van der Waals surface area contributed by atoms with Gasteiger partial charge in [-0.15, -0.1) is 11.3 Å². The van der Waals surface area contributed by atoms with Gasteiger partial charge in [0.1, 0.15) is 17.3 Å². The average molecular weight is 364 g/mol. The van der Waals surface area contributed by atoms with Crippen molar-refractivity contribution in [1.82, 2.24) is 9.97 Å². The molecule has 6 heteroatoms. The third-order valence-electron chi connectivity index (χ3n) is 3.00. The molecule has 0 fully saturated rings. The first-order valence-electron chi connectivity index (χ1n) is 6.50. The first-order chi connectivity index (χ1) is 10.3. The van der Waals surface area contributed by atoms with Crippen LogP contribution in [-0.4, -0.2) is 17.0 Å². The molecule has 0 unspecified atom stereocenters. The Morgan fingerprint density at radius 3 is 2.95 bits per heavy atom. The van der Waals surface area contributed by atoms with Crippen LogP contribution in [0.15, 0.2) is 40.2 Å². The second-order valence-corrected chi connectivity index (χ2v) is 6.31. The monoisotopic (exact) mass is 363 g/mol.